The Balaban J connectivity index is 2.44. The molecule has 5 nitrogen and oxygen atoms in total. The first kappa shape index (κ1) is 14.4. The summed E-state index contributed by atoms with van der Waals surface area (Å²) in [5.74, 6) is -0.932. The van der Waals surface area contributed by atoms with Crippen LogP contribution in [0.3, 0.4) is 0 Å². The number of nitrogens with zero attached hydrogens (tertiary/aromatic N) is 1. The highest BCUT2D eigenvalue weighted by Crippen LogP contribution is 2.24. The molecule has 1 aliphatic carbocycles. The third kappa shape index (κ3) is 5.04. The van der Waals surface area contributed by atoms with Crippen LogP contribution < -0.4 is 0 Å². The average molecular weight is 263 g/mol. The van der Waals surface area contributed by atoms with Gasteiger partial charge in [-0.3, -0.25) is 4.79 Å². The predicted molar refractivity (Wildman–Crippen MR) is 65.2 cm³/mol. The molecule has 1 N–H and O–H groups in total. The first-order chi connectivity index (χ1) is 7.92. The lowest BCUT2D eigenvalue weighted by Crippen LogP contribution is -2.34. The normalized spacial score (nSPS) is 18.5. The Bertz CT molecular complexity index is 346. The van der Waals surface area contributed by atoms with Gasteiger partial charge in [0.1, 0.15) is 0 Å². The molecule has 0 heterocycles. The molecule has 1 fully saturated rings. The van der Waals surface area contributed by atoms with Crippen LogP contribution in [0.2, 0.25) is 0 Å². The van der Waals surface area contributed by atoms with E-state index in [1.807, 2.05) is 0 Å². The Morgan fingerprint density at radius 2 is 1.88 bits per heavy atom. The molecule has 0 radical (unpaired) electrons. The summed E-state index contributed by atoms with van der Waals surface area (Å²) in [4.78, 5) is 10.4. The topological polar surface area (TPSA) is 74.7 Å². The number of sulfonamides is 1. The van der Waals surface area contributed by atoms with Gasteiger partial charge in [-0.2, -0.15) is 0 Å². The Labute approximate surface area is 103 Å². The van der Waals surface area contributed by atoms with E-state index in [1.165, 1.54) is 23.6 Å². The molecule has 0 unspecified atom stereocenters. The van der Waals surface area contributed by atoms with E-state index in [1.54, 1.807) is 7.05 Å². The lowest BCUT2D eigenvalue weighted by atomic mass is 9.89. The quantitative estimate of drug-likeness (QED) is 0.784. The Hall–Kier alpha value is -0.620. The minimum Gasteiger partial charge on any atom is -0.481 e. The molecule has 0 aliphatic heterocycles. The Morgan fingerprint density at radius 3 is 2.41 bits per heavy atom. The van der Waals surface area contributed by atoms with E-state index in [4.69, 9.17) is 5.11 Å². The summed E-state index contributed by atoms with van der Waals surface area (Å²) in [6.45, 7) is 0.530. The van der Waals surface area contributed by atoms with Crippen LogP contribution in [-0.4, -0.2) is 43.1 Å². The van der Waals surface area contributed by atoms with E-state index < -0.39 is 16.0 Å². The van der Waals surface area contributed by atoms with Gasteiger partial charge in [0, 0.05) is 13.6 Å². The number of hydrogen-bond donors (Lipinski definition) is 1. The lowest BCUT2D eigenvalue weighted by molar-refractivity contribution is -0.136. The minimum atomic E-state index is -3.40. The Morgan fingerprint density at radius 1 is 1.29 bits per heavy atom. The highest BCUT2D eigenvalue weighted by molar-refractivity contribution is 7.89. The average Bonchev–Trinajstić information content (AvgIpc) is 2.28. The molecule has 0 aromatic heterocycles. The van der Waals surface area contributed by atoms with Crippen molar-refractivity contribution in [1.29, 1.82) is 0 Å². The van der Waals surface area contributed by atoms with Crippen molar-refractivity contribution < 1.29 is 18.3 Å². The molecule has 17 heavy (non-hydrogen) atoms. The smallest absolute Gasteiger partial charge is 0.304 e. The van der Waals surface area contributed by atoms with Crippen LogP contribution >= 0.6 is 0 Å². The van der Waals surface area contributed by atoms with E-state index in [0.717, 1.165) is 12.8 Å². The second-order valence-electron chi connectivity index (χ2n) is 4.74. The molecule has 0 saturated heterocycles. The van der Waals surface area contributed by atoms with E-state index in [0.29, 0.717) is 12.5 Å². The fraction of sp³-hybridized carbons (Fsp3) is 0.909. The summed E-state index contributed by atoms with van der Waals surface area (Å²) >= 11 is 0. The fourth-order valence-corrected chi connectivity index (χ4v) is 3.40. The highest BCUT2D eigenvalue weighted by atomic mass is 32.2. The summed E-state index contributed by atoms with van der Waals surface area (Å²) in [7, 11) is -1.85. The van der Waals surface area contributed by atoms with Crippen LogP contribution in [0.1, 0.15) is 38.5 Å². The van der Waals surface area contributed by atoms with E-state index in [-0.39, 0.29) is 12.2 Å². The van der Waals surface area contributed by atoms with Crippen molar-refractivity contribution in [2.24, 2.45) is 5.92 Å². The van der Waals surface area contributed by atoms with Crippen LogP contribution in [0, 0.1) is 5.92 Å². The van der Waals surface area contributed by atoms with Gasteiger partial charge in [-0.05, 0) is 18.8 Å². The largest absolute Gasteiger partial charge is 0.481 e. The zero-order valence-corrected chi connectivity index (χ0v) is 11.1. The molecule has 0 aromatic rings. The van der Waals surface area contributed by atoms with Gasteiger partial charge >= 0.3 is 5.97 Å². The monoisotopic (exact) mass is 263 g/mol. The molecule has 1 rings (SSSR count). The maximum absolute atomic E-state index is 11.8. The molecule has 0 atom stereocenters. The number of hydrogen-bond acceptors (Lipinski definition) is 3. The molecule has 6 heteroatoms. The first-order valence-corrected chi connectivity index (χ1v) is 7.68. The van der Waals surface area contributed by atoms with Crippen LogP contribution in [0.5, 0.6) is 0 Å². The van der Waals surface area contributed by atoms with E-state index >= 15 is 0 Å². The SMILES string of the molecule is CN(CC1CCCCC1)S(=O)(=O)CCC(=O)O. The van der Waals surface area contributed by atoms with Gasteiger partial charge in [0.05, 0.1) is 12.2 Å². The number of aliphatic carboxylic acids is 1. The zero-order chi connectivity index (χ0) is 12.9. The summed E-state index contributed by atoms with van der Waals surface area (Å²) in [5, 5.41) is 8.50. The van der Waals surface area contributed by atoms with Gasteiger partial charge < -0.3 is 5.11 Å². The van der Waals surface area contributed by atoms with Crippen molar-refractivity contribution in [2.75, 3.05) is 19.3 Å². The molecular weight excluding hydrogens is 242 g/mol. The third-order valence-corrected chi connectivity index (χ3v) is 5.11. The molecule has 0 bridgehead atoms. The fourth-order valence-electron chi connectivity index (χ4n) is 2.22. The van der Waals surface area contributed by atoms with Crippen LogP contribution in [0.15, 0.2) is 0 Å². The van der Waals surface area contributed by atoms with Crippen molar-refractivity contribution in [2.45, 2.75) is 38.5 Å². The molecular formula is C11H21NO4S. The maximum atomic E-state index is 11.8. The minimum absolute atomic E-state index is 0.300. The van der Waals surface area contributed by atoms with Crippen LogP contribution in [-0.2, 0) is 14.8 Å². The first-order valence-electron chi connectivity index (χ1n) is 6.07. The molecule has 100 valence electrons. The number of carboxylic acid groups (broad SMARTS) is 1. The Kier molecular flexibility index (Phi) is 5.39. The molecule has 0 amide bonds. The number of rotatable bonds is 6. The van der Waals surface area contributed by atoms with Gasteiger partial charge in [-0.1, -0.05) is 19.3 Å². The third-order valence-electron chi connectivity index (χ3n) is 3.29. The number of carboxylic acids is 1. The molecule has 1 aliphatic rings. The number of carbonyl (C=O) groups is 1. The molecule has 0 spiro atoms. The van der Waals surface area contributed by atoms with Crippen LogP contribution in [0.25, 0.3) is 0 Å². The van der Waals surface area contributed by atoms with Crippen molar-refractivity contribution >= 4 is 16.0 Å². The standard InChI is InChI=1S/C11H21NO4S/c1-12(9-10-5-3-2-4-6-10)17(15,16)8-7-11(13)14/h10H,2-9H2,1H3,(H,13,14). The van der Waals surface area contributed by atoms with Gasteiger partial charge in [0.15, 0.2) is 0 Å². The maximum Gasteiger partial charge on any atom is 0.304 e. The summed E-state index contributed by atoms with van der Waals surface area (Å²) in [6, 6.07) is 0. The van der Waals surface area contributed by atoms with Crippen molar-refractivity contribution in [1.82, 2.24) is 4.31 Å². The molecule has 0 aromatic carbocycles. The summed E-state index contributed by atoms with van der Waals surface area (Å²) in [6.07, 6.45) is 5.43. The highest BCUT2D eigenvalue weighted by Gasteiger charge is 2.23. The second kappa shape index (κ2) is 6.35. The zero-order valence-electron chi connectivity index (χ0n) is 10.3. The van der Waals surface area contributed by atoms with Crippen molar-refractivity contribution in [3.63, 3.8) is 0 Å². The van der Waals surface area contributed by atoms with Crippen molar-refractivity contribution in [3.05, 3.63) is 0 Å². The van der Waals surface area contributed by atoms with Crippen molar-refractivity contribution in [3.8, 4) is 0 Å². The van der Waals surface area contributed by atoms with Gasteiger partial charge in [0.25, 0.3) is 0 Å². The van der Waals surface area contributed by atoms with E-state index in [2.05, 4.69) is 0 Å². The summed E-state index contributed by atoms with van der Waals surface area (Å²) in [5.41, 5.74) is 0. The lowest BCUT2D eigenvalue weighted by Gasteiger charge is -2.26. The predicted octanol–water partition coefficient (Wildman–Crippen LogP) is 1.30. The van der Waals surface area contributed by atoms with Crippen LogP contribution in [0.4, 0.5) is 0 Å². The second-order valence-corrected chi connectivity index (χ2v) is 6.94. The molecule has 1 saturated carbocycles. The van der Waals surface area contributed by atoms with Gasteiger partial charge in [-0.15, -0.1) is 0 Å². The van der Waals surface area contributed by atoms with Gasteiger partial charge in [-0.25, -0.2) is 12.7 Å². The summed E-state index contributed by atoms with van der Waals surface area (Å²) < 4.78 is 24.9. The van der Waals surface area contributed by atoms with E-state index in [9.17, 15) is 13.2 Å². The van der Waals surface area contributed by atoms with Gasteiger partial charge in [0.2, 0.25) is 10.0 Å².